The molecule has 0 heterocycles. The van der Waals surface area contributed by atoms with Crippen LogP contribution >= 0.6 is 0 Å². The Morgan fingerprint density at radius 1 is 1.10 bits per heavy atom. The van der Waals surface area contributed by atoms with Crippen LogP contribution in [0.5, 0.6) is 0 Å². The highest BCUT2D eigenvalue weighted by molar-refractivity contribution is 6.01. The number of para-hydroxylation sites is 1. The molecule has 3 N–H and O–H groups in total. The van der Waals surface area contributed by atoms with Crippen molar-refractivity contribution >= 4 is 17.5 Å². The second-order valence-electron chi connectivity index (χ2n) is 4.96. The highest BCUT2D eigenvalue weighted by Gasteiger charge is 2.17. The van der Waals surface area contributed by atoms with Gasteiger partial charge in [-0.2, -0.15) is 0 Å². The zero-order chi connectivity index (χ0) is 15.7. The van der Waals surface area contributed by atoms with Crippen molar-refractivity contribution in [3.8, 4) is 0 Å². The predicted molar refractivity (Wildman–Crippen MR) is 85.5 cm³/mol. The summed E-state index contributed by atoms with van der Waals surface area (Å²) in [6.45, 7) is 7.16. The SMILES string of the molecule is CCCNC(=O)C(C)NC(=O)c1ccccc1NCCC. The van der Waals surface area contributed by atoms with Gasteiger partial charge in [0.25, 0.3) is 5.91 Å². The number of hydrogen-bond acceptors (Lipinski definition) is 3. The van der Waals surface area contributed by atoms with Gasteiger partial charge in [0.1, 0.15) is 6.04 Å². The molecule has 5 heteroatoms. The molecule has 5 nitrogen and oxygen atoms in total. The summed E-state index contributed by atoms with van der Waals surface area (Å²) >= 11 is 0. The normalized spacial score (nSPS) is 11.6. The van der Waals surface area contributed by atoms with E-state index >= 15 is 0 Å². The van der Waals surface area contributed by atoms with Gasteiger partial charge in [0, 0.05) is 18.8 Å². The summed E-state index contributed by atoms with van der Waals surface area (Å²) in [5, 5.41) is 8.72. The lowest BCUT2D eigenvalue weighted by Crippen LogP contribution is -2.45. The second kappa shape index (κ2) is 9.00. The van der Waals surface area contributed by atoms with Gasteiger partial charge in [-0.3, -0.25) is 9.59 Å². The quantitative estimate of drug-likeness (QED) is 0.687. The molecule has 0 spiro atoms. The highest BCUT2D eigenvalue weighted by atomic mass is 16.2. The van der Waals surface area contributed by atoms with Gasteiger partial charge in [-0.1, -0.05) is 26.0 Å². The maximum Gasteiger partial charge on any atom is 0.254 e. The summed E-state index contributed by atoms with van der Waals surface area (Å²) in [6.07, 6.45) is 1.85. The summed E-state index contributed by atoms with van der Waals surface area (Å²) in [4.78, 5) is 24.1. The third-order valence-corrected chi connectivity index (χ3v) is 3.03. The van der Waals surface area contributed by atoms with E-state index in [1.807, 2.05) is 25.1 Å². The first kappa shape index (κ1) is 17.0. The van der Waals surface area contributed by atoms with Crippen LogP contribution in [-0.2, 0) is 4.79 Å². The van der Waals surface area contributed by atoms with Gasteiger partial charge in [0.05, 0.1) is 5.56 Å². The minimum atomic E-state index is -0.553. The van der Waals surface area contributed by atoms with Crippen LogP contribution in [0.4, 0.5) is 5.69 Å². The summed E-state index contributed by atoms with van der Waals surface area (Å²) in [5.41, 5.74) is 1.35. The van der Waals surface area contributed by atoms with Gasteiger partial charge in [-0.15, -0.1) is 0 Å². The molecule has 0 radical (unpaired) electrons. The standard InChI is InChI=1S/C16H25N3O2/c1-4-10-17-14-9-7-6-8-13(14)16(21)19-12(3)15(20)18-11-5-2/h6-9,12,17H,4-5,10-11H2,1-3H3,(H,18,20)(H,19,21). The van der Waals surface area contributed by atoms with Crippen molar-refractivity contribution in [1.29, 1.82) is 0 Å². The lowest BCUT2D eigenvalue weighted by atomic mass is 10.1. The van der Waals surface area contributed by atoms with E-state index in [1.54, 1.807) is 13.0 Å². The van der Waals surface area contributed by atoms with Crippen LogP contribution in [-0.4, -0.2) is 30.9 Å². The molecule has 116 valence electrons. The lowest BCUT2D eigenvalue weighted by molar-refractivity contribution is -0.122. The molecule has 1 aromatic rings. The monoisotopic (exact) mass is 291 g/mol. The minimum absolute atomic E-state index is 0.163. The van der Waals surface area contributed by atoms with Crippen LogP contribution in [0.3, 0.4) is 0 Å². The lowest BCUT2D eigenvalue weighted by Gasteiger charge is -2.16. The number of hydrogen-bond donors (Lipinski definition) is 3. The van der Waals surface area contributed by atoms with E-state index in [4.69, 9.17) is 0 Å². The number of carbonyl (C=O) groups is 2. The number of nitrogens with one attached hydrogen (secondary N) is 3. The number of anilines is 1. The summed E-state index contributed by atoms with van der Waals surface area (Å²) in [7, 11) is 0. The second-order valence-corrected chi connectivity index (χ2v) is 4.96. The third-order valence-electron chi connectivity index (χ3n) is 3.03. The average molecular weight is 291 g/mol. The first-order chi connectivity index (χ1) is 10.1. The molecule has 0 saturated heterocycles. The first-order valence-electron chi connectivity index (χ1n) is 7.51. The predicted octanol–water partition coefficient (Wildman–Crippen LogP) is 2.15. The Morgan fingerprint density at radius 3 is 2.43 bits per heavy atom. The zero-order valence-corrected chi connectivity index (χ0v) is 13.0. The number of benzene rings is 1. The molecule has 1 rings (SSSR count). The van der Waals surface area contributed by atoms with Crippen LogP contribution in [0, 0.1) is 0 Å². The fraction of sp³-hybridized carbons (Fsp3) is 0.500. The molecule has 0 aliphatic carbocycles. The molecule has 0 aliphatic heterocycles. The number of carbonyl (C=O) groups excluding carboxylic acids is 2. The van der Waals surface area contributed by atoms with Crippen molar-refractivity contribution in [2.75, 3.05) is 18.4 Å². The summed E-state index contributed by atoms with van der Waals surface area (Å²) in [5.74, 6) is -0.405. The van der Waals surface area contributed by atoms with Crippen molar-refractivity contribution in [1.82, 2.24) is 10.6 Å². The maximum absolute atomic E-state index is 12.3. The van der Waals surface area contributed by atoms with Crippen molar-refractivity contribution in [2.45, 2.75) is 39.7 Å². The van der Waals surface area contributed by atoms with Crippen LogP contribution in [0.1, 0.15) is 44.0 Å². The number of amides is 2. The maximum atomic E-state index is 12.3. The topological polar surface area (TPSA) is 70.2 Å². The van der Waals surface area contributed by atoms with E-state index in [1.165, 1.54) is 0 Å². The molecule has 21 heavy (non-hydrogen) atoms. The van der Waals surface area contributed by atoms with Gasteiger partial charge in [-0.05, 0) is 31.9 Å². The average Bonchev–Trinajstić information content (AvgIpc) is 2.50. The van der Waals surface area contributed by atoms with Crippen molar-refractivity contribution in [3.63, 3.8) is 0 Å². The van der Waals surface area contributed by atoms with E-state index < -0.39 is 6.04 Å². The Labute approximate surface area is 126 Å². The van der Waals surface area contributed by atoms with E-state index in [0.717, 1.165) is 25.1 Å². The molecule has 0 aliphatic rings. The fourth-order valence-electron chi connectivity index (χ4n) is 1.84. The summed E-state index contributed by atoms with van der Waals surface area (Å²) in [6, 6.07) is 6.76. The number of rotatable bonds is 8. The van der Waals surface area contributed by atoms with Gasteiger partial charge in [-0.25, -0.2) is 0 Å². The van der Waals surface area contributed by atoms with E-state index in [2.05, 4.69) is 22.9 Å². The largest absolute Gasteiger partial charge is 0.384 e. The van der Waals surface area contributed by atoms with E-state index in [-0.39, 0.29) is 11.8 Å². The Morgan fingerprint density at radius 2 is 1.76 bits per heavy atom. The highest BCUT2D eigenvalue weighted by Crippen LogP contribution is 2.15. The first-order valence-corrected chi connectivity index (χ1v) is 7.51. The molecule has 1 unspecified atom stereocenters. The Hall–Kier alpha value is -2.04. The molecule has 0 fully saturated rings. The third kappa shape index (κ3) is 5.45. The molecule has 0 bridgehead atoms. The Balaban J connectivity index is 2.68. The van der Waals surface area contributed by atoms with Gasteiger partial charge >= 0.3 is 0 Å². The fourth-order valence-corrected chi connectivity index (χ4v) is 1.84. The van der Waals surface area contributed by atoms with Gasteiger partial charge in [0.15, 0.2) is 0 Å². The van der Waals surface area contributed by atoms with E-state index in [0.29, 0.717) is 12.1 Å². The smallest absolute Gasteiger partial charge is 0.254 e. The zero-order valence-electron chi connectivity index (χ0n) is 13.0. The van der Waals surface area contributed by atoms with Crippen LogP contribution in [0.25, 0.3) is 0 Å². The van der Waals surface area contributed by atoms with Crippen LogP contribution < -0.4 is 16.0 Å². The van der Waals surface area contributed by atoms with Gasteiger partial charge < -0.3 is 16.0 Å². The Bertz CT molecular complexity index is 474. The molecular weight excluding hydrogens is 266 g/mol. The molecule has 1 aromatic carbocycles. The van der Waals surface area contributed by atoms with Crippen molar-refractivity contribution < 1.29 is 9.59 Å². The minimum Gasteiger partial charge on any atom is -0.384 e. The Kier molecular flexibility index (Phi) is 7.29. The molecule has 0 saturated carbocycles. The van der Waals surface area contributed by atoms with Crippen LogP contribution in [0.2, 0.25) is 0 Å². The van der Waals surface area contributed by atoms with Crippen molar-refractivity contribution in [3.05, 3.63) is 29.8 Å². The molecule has 1 atom stereocenters. The molecular formula is C16H25N3O2. The van der Waals surface area contributed by atoms with Gasteiger partial charge in [0.2, 0.25) is 5.91 Å². The van der Waals surface area contributed by atoms with E-state index in [9.17, 15) is 9.59 Å². The van der Waals surface area contributed by atoms with Crippen LogP contribution in [0.15, 0.2) is 24.3 Å². The van der Waals surface area contributed by atoms with Crippen molar-refractivity contribution in [2.24, 2.45) is 0 Å². The molecule has 0 aromatic heterocycles. The summed E-state index contributed by atoms with van der Waals surface area (Å²) < 4.78 is 0. The molecule has 2 amide bonds.